The van der Waals surface area contributed by atoms with Gasteiger partial charge in [0.15, 0.2) is 0 Å². The minimum absolute atomic E-state index is 0.148. The number of carbonyl (C=O) groups is 1. The van der Waals surface area contributed by atoms with Crippen LogP contribution in [0.1, 0.15) is 61.8 Å². The van der Waals surface area contributed by atoms with E-state index in [9.17, 15) is 4.79 Å². The number of imidazole rings is 1. The molecule has 0 saturated heterocycles. The first-order valence-electron chi connectivity index (χ1n) is 8.11. The normalized spacial score (nSPS) is 20.3. The monoisotopic (exact) mass is 290 g/mol. The fraction of sp³-hybridized carbons (Fsp3) is 0.750. The Morgan fingerprint density at radius 1 is 1.38 bits per heavy atom. The van der Waals surface area contributed by atoms with Crippen molar-refractivity contribution in [2.75, 3.05) is 20.6 Å². The Labute approximate surface area is 126 Å². The summed E-state index contributed by atoms with van der Waals surface area (Å²) in [7, 11) is 3.66. The Bertz CT molecular complexity index is 529. The van der Waals surface area contributed by atoms with Gasteiger partial charge in [0.2, 0.25) is 5.91 Å². The van der Waals surface area contributed by atoms with Crippen molar-refractivity contribution in [1.29, 1.82) is 0 Å². The van der Waals surface area contributed by atoms with E-state index < -0.39 is 0 Å². The van der Waals surface area contributed by atoms with Crippen LogP contribution < -0.4 is 5.32 Å². The van der Waals surface area contributed by atoms with Crippen LogP contribution in [-0.4, -0.2) is 41.0 Å². The van der Waals surface area contributed by atoms with Crippen molar-refractivity contribution in [3.05, 3.63) is 17.2 Å². The Kier molecular flexibility index (Phi) is 4.02. The highest BCUT2D eigenvalue weighted by Gasteiger charge is 2.31. The van der Waals surface area contributed by atoms with E-state index in [1.807, 2.05) is 21.0 Å². The summed E-state index contributed by atoms with van der Waals surface area (Å²) in [6, 6.07) is -0.148. The third-order valence-electron chi connectivity index (χ3n) is 4.86. The van der Waals surface area contributed by atoms with Crippen molar-refractivity contribution in [3.8, 4) is 0 Å². The molecule has 1 unspecified atom stereocenters. The van der Waals surface area contributed by atoms with E-state index >= 15 is 0 Å². The van der Waals surface area contributed by atoms with Gasteiger partial charge in [0.05, 0.1) is 5.69 Å². The number of amides is 1. The maximum absolute atomic E-state index is 12.5. The van der Waals surface area contributed by atoms with Crippen LogP contribution in [0.3, 0.4) is 0 Å². The summed E-state index contributed by atoms with van der Waals surface area (Å²) in [5, 5.41) is 3.39. The average Bonchev–Trinajstić information content (AvgIpc) is 3.12. The van der Waals surface area contributed by atoms with Crippen LogP contribution in [0.5, 0.6) is 0 Å². The lowest BCUT2D eigenvalue weighted by Gasteiger charge is -2.25. The number of nitrogens with zero attached hydrogens (tertiary/aromatic N) is 3. The van der Waals surface area contributed by atoms with Crippen LogP contribution >= 0.6 is 0 Å². The maximum atomic E-state index is 12.5. The van der Waals surface area contributed by atoms with Gasteiger partial charge in [0.1, 0.15) is 11.9 Å². The number of aromatic nitrogens is 2. The number of hydrogen-bond donors (Lipinski definition) is 1. The van der Waals surface area contributed by atoms with E-state index in [4.69, 9.17) is 4.98 Å². The number of rotatable bonds is 3. The Morgan fingerprint density at radius 2 is 2.10 bits per heavy atom. The lowest BCUT2D eigenvalue weighted by atomic mass is 10.1. The summed E-state index contributed by atoms with van der Waals surface area (Å²) in [5.74, 6) is 1.85. The standard InChI is InChI=1S/C16H26N4O/c1-11(16(21)19(2)3)20-14-8-9-17-10-13(14)18-15(20)12-6-4-5-7-12/h11-12,17H,4-10H2,1-3H3. The SMILES string of the molecule is CC(C(=O)N(C)C)n1c(C2CCCC2)nc2c1CCNC2. The number of likely N-dealkylation sites (N-methyl/N-ethyl adjacent to an activating group) is 1. The largest absolute Gasteiger partial charge is 0.347 e. The van der Waals surface area contributed by atoms with Crippen molar-refractivity contribution in [2.45, 2.75) is 57.5 Å². The van der Waals surface area contributed by atoms with Gasteiger partial charge >= 0.3 is 0 Å². The fourth-order valence-electron chi connectivity index (χ4n) is 3.74. The highest BCUT2D eigenvalue weighted by Crippen LogP contribution is 2.36. The first-order chi connectivity index (χ1) is 10.1. The van der Waals surface area contributed by atoms with Gasteiger partial charge in [-0.25, -0.2) is 4.98 Å². The van der Waals surface area contributed by atoms with Gasteiger partial charge in [-0.3, -0.25) is 4.79 Å². The molecule has 1 atom stereocenters. The number of hydrogen-bond acceptors (Lipinski definition) is 3. The first-order valence-corrected chi connectivity index (χ1v) is 8.11. The predicted molar refractivity (Wildman–Crippen MR) is 82.3 cm³/mol. The summed E-state index contributed by atoms with van der Waals surface area (Å²) in [6.45, 7) is 3.83. The summed E-state index contributed by atoms with van der Waals surface area (Å²) < 4.78 is 2.26. The summed E-state index contributed by atoms with van der Waals surface area (Å²) in [6.07, 6.45) is 5.98. The van der Waals surface area contributed by atoms with Crippen LogP contribution in [0.4, 0.5) is 0 Å². The molecular formula is C16H26N4O. The molecule has 1 fully saturated rings. The molecule has 5 heteroatoms. The van der Waals surface area contributed by atoms with Crippen molar-refractivity contribution >= 4 is 5.91 Å². The summed E-state index contributed by atoms with van der Waals surface area (Å²) in [5.41, 5.74) is 2.43. The van der Waals surface area contributed by atoms with Crippen molar-refractivity contribution in [2.24, 2.45) is 0 Å². The van der Waals surface area contributed by atoms with E-state index in [1.54, 1.807) is 4.90 Å². The Hall–Kier alpha value is -1.36. The quantitative estimate of drug-likeness (QED) is 0.924. The molecule has 0 spiro atoms. The Morgan fingerprint density at radius 3 is 2.76 bits per heavy atom. The minimum Gasteiger partial charge on any atom is -0.347 e. The molecule has 1 saturated carbocycles. The molecule has 0 bridgehead atoms. The predicted octanol–water partition coefficient (Wildman–Crippen LogP) is 1.84. The molecule has 0 radical (unpaired) electrons. The van der Waals surface area contributed by atoms with Crippen molar-refractivity contribution in [3.63, 3.8) is 0 Å². The van der Waals surface area contributed by atoms with Gasteiger partial charge < -0.3 is 14.8 Å². The van der Waals surface area contributed by atoms with Gasteiger partial charge in [0, 0.05) is 45.2 Å². The van der Waals surface area contributed by atoms with Gasteiger partial charge in [0.25, 0.3) is 0 Å². The molecule has 2 heterocycles. The lowest BCUT2D eigenvalue weighted by Crippen LogP contribution is -2.33. The van der Waals surface area contributed by atoms with E-state index in [2.05, 4.69) is 9.88 Å². The van der Waals surface area contributed by atoms with E-state index in [1.165, 1.54) is 31.4 Å². The van der Waals surface area contributed by atoms with Gasteiger partial charge in [-0.1, -0.05) is 12.8 Å². The Balaban J connectivity index is 2.02. The number of fused-ring (bicyclic) bond motifs is 1. The second-order valence-electron chi connectivity index (χ2n) is 6.55. The van der Waals surface area contributed by atoms with Crippen LogP contribution in [0.25, 0.3) is 0 Å². The molecule has 3 rings (SSSR count). The molecule has 21 heavy (non-hydrogen) atoms. The zero-order chi connectivity index (χ0) is 15.0. The smallest absolute Gasteiger partial charge is 0.244 e. The topological polar surface area (TPSA) is 50.2 Å². The number of nitrogens with one attached hydrogen (secondary N) is 1. The van der Waals surface area contributed by atoms with Crippen LogP contribution in [-0.2, 0) is 17.8 Å². The molecular weight excluding hydrogens is 264 g/mol. The van der Waals surface area contributed by atoms with Crippen LogP contribution in [0, 0.1) is 0 Å². The lowest BCUT2D eigenvalue weighted by molar-refractivity contribution is -0.131. The maximum Gasteiger partial charge on any atom is 0.244 e. The van der Waals surface area contributed by atoms with Gasteiger partial charge in [-0.2, -0.15) is 0 Å². The molecule has 0 aromatic carbocycles. The number of carbonyl (C=O) groups excluding carboxylic acids is 1. The second kappa shape index (κ2) is 5.79. The average molecular weight is 290 g/mol. The molecule has 1 amide bonds. The van der Waals surface area contributed by atoms with Crippen LogP contribution in [0.2, 0.25) is 0 Å². The zero-order valence-corrected chi connectivity index (χ0v) is 13.4. The molecule has 2 aliphatic rings. The van der Waals surface area contributed by atoms with E-state index in [0.29, 0.717) is 5.92 Å². The first kappa shape index (κ1) is 14.6. The highest BCUT2D eigenvalue weighted by molar-refractivity contribution is 5.79. The third-order valence-corrected chi connectivity index (χ3v) is 4.86. The minimum atomic E-state index is -0.148. The zero-order valence-electron chi connectivity index (χ0n) is 13.4. The fourth-order valence-corrected chi connectivity index (χ4v) is 3.74. The molecule has 1 aliphatic heterocycles. The third kappa shape index (κ3) is 2.59. The van der Waals surface area contributed by atoms with E-state index in [0.717, 1.165) is 31.0 Å². The van der Waals surface area contributed by atoms with E-state index in [-0.39, 0.29) is 11.9 Å². The van der Waals surface area contributed by atoms with Gasteiger partial charge in [-0.15, -0.1) is 0 Å². The highest BCUT2D eigenvalue weighted by atomic mass is 16.2. The molecule has 1 aliphatic carbocycles. The second-order valence-corrected chi connectivity index (χ2v) is 6.55. The molecule has 116 valence electrons. The summed E-state index contributed by atoms with van der Waals surface area (Å²) in [4.78, 5) is 19.1. The molecule has 1 aromatic heterocycles. The van der Waals surface area contributed by atoms with Crippen molar-refractivity contribution < 1.29 is 4.79 Å². The van der Waals surface area contributed by atoms with Gasteiger partial charge in [-0.05, 0) is 19.8 Å². The van der Waals surface area contributed by atoms with Crippen molar-refractivity contribution in [1.82, 2.24) is 19.8 Å². The summed E-state index contributed by atoms with van der Waals surface area (Å²) >= 11 is 0. The molecule has 1 N–H and O–H groups in total. The molecule has 1 aromatic rings. The van der Waals surface area contributed by atoms with Crippen LogP contribution in [0.15, 0.2) is 0 Å². The molecule has 5 nitrogen and oxygen atoms in total.